The number of ether oxygens (including phenoxy) is 1. The molecule has 1 amide bonds. The fourth-order valence-corrected chi connectivity index (χ4v) is 4.14. The molecule has 0 spiro atoms. The van der Waals surface area contributed by atoms with Crippen LogP contribution in [0.5, 0.6) is 11.5 Å². The summed E-state index contributed by atoms with van der Waals surface area (Å²) in [6.07, 6.45) is -4.57. The van der Waals surface area contributed by atoms with E-state index < -0.39 is 23.6 Å². The summed E-state index contributed by atoms with van der Waals surface area (Å²) in [4.78, 5) is 25.5. The monoisotopic (exact) mass is 571 g/mol. The van der Waals surface area contributed by atoms with E-state index in [1.165, 1.54) is 36.4 Å². The van der Waals surface area contributed by atoms with E-state index in [1.54, 1.807) is 13.0 Å². The molecule has 0 atom stereocenters. The van der Waals surface area contributed by atoms with Crippen molar-refractivity contribution < 1.29 is 32.6 Å². The molecule has 32 heavy (non-hydrogen) atoms. The smallest absolute Gasteiger partial charge is 0.416 e. The molecule has 0 heterocycles. The number of esters is 1. The molecule has 0 aromatic heterocycles. The Labute approximate surface area is 197 Å². The molecule has 0 aliphatic heterocycles. The number of alkyl halides is 3. The van der Waals surface area contributed by atoms with E-state index in [-0.39, 0.29) is 32.8 Å². The van der Waals surface area contributed by atoms with E-state index in [0.717, 1.165) is 12.1 Å². The lowest BCUT2D eigenvalue weighted by Gasteiger charge is -2.15. The van der Waals surface area contributed by atoms with E-state index in [1.807, 2.05) is 0 Å². The molecule has 0 fully saturated rings. The number of carbonyl (C=O) groups excluding carboxylic acids is 2. The van der Waals surface area contributed by atoms with Gasteiger partial charge in [0.25, 0.3) is 5.91 Å². The minimum Gasteiger partial charge on any atom is -0.508 e. The average Bonchev–Trinajstić information content (AvgIpc) is 2.69. The topological polar surface area (TPSA) is 75.6 Å². The molecule has 0 saturated carbocycles. The van der Waals surface area contributed by atoms with Gasteiger partial charge in [0.2, 0.25) is 0 Å². The van der Waals surface area contributed by atoms with Crippen molar-refractivity contribution in [3.05, 3.63) is 85.8 Å². The first-order chi connectivity index (χ1) is 15.0. The molecule has 3 aromatic carbocycles. The normalized spacial score (nSPS) is 11.2. The van der Waals surface area contributed by atoms with Crippen LogP contribution in [0.4, 0.5) is 18.9 Å². The number of anilines is 1. The van der Waals surface area contributed by atoms with Gasteiger partial charge in [-0.15, -0.1) is 0 Å². The van der Waals surface area contributed by atoms with Gasteiger partial charge in [-0.3, -0.25) is 4.79 Å². The summed E-state index contributed by atoms with van der Waals surface area (Å²) in [5.41, 5.74) is -0.457. The van der Waals surface area contributed by atoms with Crippen LogP contribution in [0, 0.1) is 6.92 Å². The Morgan fingerprint density at radius 3 is 2.38 bits per heavy atom. The Morgan fingerprint density at radius 2 is 1.72 bits per heavy atom. The van der Waals surface area contributed by atoms with Crippen LogP contribution in [0.3, 0.4) is 0 Å². The molecule has 3 aromatic rings. The van der Waals surface area contributed by atoms with Gasteiger partial charge in [-0.1, -0.05) is 22.0 Å². The zero-order chi connectivity index (χ0) is 23.6. The molecular weight excluding hydrogens is 559 g/mol. The molecule has 166 valence electrons. The average molecular weight is 573 g/mol. The summed E-state index contributed by atoms with van der Waals surface area (Å²) in [5.74, 6) is -1.70. The Kier molecular flexibility index (Phi) is 6.94. The predicted molar refractivity (Wildman–Crippen MR) is 119 cm³/mol. The van der Waals surface area contributed by atoms with Crippen LogP contribution in [0.1, 0.15) is 31.8 Å². The highest BCUT2D eigenvalue weighted by Crippen LogP contribution is 2.35. The lowest BCUT2D eigenvalue weighted by atomic mass is 10.1. The van der Waals surface area contributed by atoms with Crippen LogP contribution in [0.15, 0.2) is 63.5 Å². The van der Waals surface area contributed by atoms with Crippen molar-refractivity contribution in [3.63, 3.8) is 0 Å². The fraction of sp³-hybridized carbons (Fsp3) is 0.0909. The lowest BCUT2D eigenvalue weighted by molar-refractivity contribution is -0.137. The highest BCUT2D eigenvalue weighted by atomic mass is 79.9. The summed E-state index contributed by atoms with van der Waals surface area (Å²) in [5, 5.41) is 11.9. The number of rotatable bonds is 4. The highest BCUT2D eigenvalue weighted by molar-refractivity contribution is 9.11. The molecule has 0 aliphatic carbocycles. The number of benzene rings is 3. The highest BCUT2D eigenvalue weighted by Gasteiger charge is 2.30. The van der Waals surface area contributed by atoms with Crippen LogP contribution < -0.4 is 10.1 Å². The maximum absolute atomic E-state index is 13.0. The third kappa shape index (κ3) is 5.49. The van der Waals surface area contributed by atoms with Gasteiger partial charge in [0.15, 0.2) is 5.75 Å². The lowest BCUT2D eigenvalue weighted by Crippen LogP contribution is -2.17. The predicted octanol–water partition coefficient (Wildman–Crippen LogP) is 6.72. The van der Waals surface area contributed by atoms with Crippen molar-refractivity contribution in [2.75, 3.05) is 5.32 Å². The SMILES string of the molecule is Cc1cc(O)ccc1C(=O)Oc1c(Br)cc(Br)cc1C(=O)Nc1cccc(C(F)(F)F)c1. The number of hydrogen-bond donors (Lipinski definition) is 2. The molecule has 10 heteroatoms. The molecule has 0 aliphatic rings. The van der Waals surface area contributed by atoms with Crippen LogP contribution in [-0.4, -0.2) is 17.0 Å². The number of aryl methyl sites for hydroxylation is 1. The summed E-state index contributed by atoms with van der Waals surface area (Å²) >= 11 is 6.49. The van der Waals surface area contributed by atoms with E-state index in [4.69, 9.17) is 4.74 Å². The first-order valence-electron chi connectivity index (χ1n) is 8.95. The number of nitrogens with one attached hydrogen (secondary N) is 1. The van der Waals surface area contributed by atoms with Gasteiger partial charge in [-0.2, -0.15) is 13.2 Å². The summed E-state index contributed by atoms with van der Waals surface area (Å²) in [6, 6.07) is 11.2. The second-order valence-corrected chi connectivity index (χ2v) is 8.46. The van der Waals surface area contributed by atoms with Gasteiger partial charge in [0, 0.05) is 10.2 Å². The van der Waals surface area contributed by atoms with Crippen LogP contribution in [0.2, 0.25) is 0 Å². The van der Waals surface area contributed by atoms with Crippen LogP contribution in [0.25, 0.3) is 0 Å². The van der Waals surface area contributed by atoms with Gasteiger partial charge >= 0.3 is 12.1 Å². The minimum atomic E-state index is -4.57. The van der Waals surface area contributed by atoms with Gasteiger partial charge in [-0.25, -0.2) is 4.79 Å². The van der Waals surface area contributed by atoms with Crippen molar-refractivity contribution in [1.29, 1.82) is 0 Å². The van der Waals surface area contributed by atoms with Gasteiger partial charge < -0.3 is 15.2 Å². The summed E-state index contributed by atoms with van der Waals surface area (Å²) < 4.78 is 45.1. The van der Waals surface area contributed by atoms with Crippen molar-refractivity contribution in [2.24, 2.45) is 0 Å². The number of amides is 1. The van der Waals surface area contributed by atoms with E-state index in [2.05, 4.69) is 37.2 Å². The first kappa shape index (κ1) is 23.8. The molecular formula is C22H14Br2F3NO4. The maximum Gasteiger partial charge on any atom is 0.416 e. The third-order valence-electron chi connectivity index (χ3n) is 4.33. The Balaban J connectivity index is 1.93. The summed E-state index contributed by atoms with van der Waals surface area (Å²) in [6.45, 7) is 1.61. The second-order valence-electron chi connectivity index (χ2n) is 6.69. The first-order valence-corrected chi connectivity index (χ1v) is 10.5. The number of hydrogen-bond acceptors (Lipinski definition) is 4. The van der Waals surface area contributed by atoms with Gasteiger partial charge in [0.1, 0.15) is 5.75 Å². The zero-order valence-corrected chi connectivity index (χ0v) is 19.4. The number of halogens is 5. The Hall–Kier alpha value is -2.85. The van der Waals surface area contributed by atoms with E-state index in [0.29, 0.717) is 10.0 Å². The molecule has 5 nitrogen and oxygen atoms in total. The number of phenols is 1. The maximum atomic E-state index is 13.0. The molecule has 0 radical (unpaired) electrons. The molecule has 2 N–H and O–H groups in total. The van der Waals surface area contributed by atoms with Crippen molar-refractivity contribution >= 4 is 49.4 Å². The third-order valence-corrected chi connectivity index (χ3v) is 5.37. The molecule has 3 rings (SSSR count). The fourth-order valence-electron chi connectivity index (χ4n) is 2.83. The zero-order valence-electron chi connectivity index (χ0n) is 16.3. The largest absolute Gasteiger partial charge is 0.508 e. The number of phenolic OH excluding ortho intramolecular Hbond substituents is 1. The van der Waals surface area contributed by atoms with Crippen molar-refractivity contribution in [3.8, 4) is 11.5 Å². The van der Waals surface area contributed by atoms with Crippen molar-refractivity contribution in [2.45, 2.75) is 13.1 Å². The Morgan fingerprint density at radius 1 is 1.00 bits per heavy atom. The Bertz CT molecular complexity index is 1210. The van der Waals surface area contributed by atoms with Gasteiger partial charge in [0.05, 0.1) is 21.2 Å². The molecule has 0 saturated heterocycles. The van der Waals surface area contributed by atoms with Crippen molar-refractivity contribution in [1.82, 2.24) is 0 Å². The second kappa shape index (κ2) is 9.33. The van der Waals surface area contributed by atoms with E-state index >= 15 is 0 Å². The number of carbonyl (C=O) groups is 2. The van der Waals surface area contributed by atoms with Gasteiger partial charge in [-0.05, 0) is 76.9 Å². The minimum absolute atomic E-state index is 0.0231. The number of aromatic hydroxyl groups is 1. The van der Waals surface area contributed by atoms with E-state index in [9.17, 15) is 27.9 Å². The van der Waals surface area contributed by atoms with Crippen LogP contribution in [-0.2, 0) is 6.18 Å². The summed E-state index contributed by atoms with van der Waals surface area (Å²) in [7, 11) is 0. The van der Waals surface area contributed by atoms with Crippen LogP contribution >= 0.6 is 31.9 Å². The quantitative estimate of drug-likeness (QED) is 0.269. The molecule has 0 bridgehead atoms. The molecule has 0 unspecified atom stereocenters. The standard InChI is InChI=1S/C22H14Br2F3NO4/c1-11-7-15(29)5-6-16(11)21(31)32-19-17(9-13(23)10-18(19)24)20(30)28-14-4-2-3-12(8-14)22(25,26)27/h2-10,29H,1H3,(H,28,30).